The van der Waals surface area contributed by atoms with Crippen LogP contribution < -0.4 is 4.90 Å². The molecule has 0 bridgehead atoms. The van der Waals surface area contributed by atoms with Gasteiger partial charge in [-0.3, -0.25) is 9.59 Å². The molecule has 1 heterocycles. The number of benzene rings is 1. The van der Waals surface area contributed by atoms with Gasteiger partial charge in [0.05, 0.1) is 6.54 Å². The molecule has 6 heteroatoms. The zero-order chi connectivity index (χ0) is 19.1. The Kier molecular flexibility index (Phi) is 7.45. The van der Waals surface area contributed by atoms with Crippen molar-refractivity contribution in [1.82, 2.24) is 9.80 Å². The molecule has 0 saturated carbocycles. The first kappa shape index (κ1) is 20.2. The van der Waals surface area contributed by atoms with Gasteiger partial charge < -0.3 is 19.4 Å². The molecule has 2 rings (SSSR count). The molecule has 144 valence electrons. The first-order valence-corrected chi connectivity index (χ1v) is 9.27. The highest BCUT2D eigenvalue weighted by molar-refractivity contribution is 5.84. The molecular weight excluding hydrogens is 330 g/mol. The third kappa shape index (κ3) is 5.21. The van der Waals surface area contributed by atoms with E-state index in [-0.39, 0.29) is 18.4 Å². The molecule has 1 aliphatic rings. The molecule has 0 spiro atoms. The van der Waals surface area contributed by atoms with E-state index in [9.17, 15) is 9.59 Å². The van der Waals surface area contributed by atoms with Crippen molar-refractivity contribution in [3.8, 4) is 0 Å². The molecule has 2 amide bonds. The standard InChI is InChI=1S/C20H31N3O3/c1-16-7-5-8-19(17(16)2)21-10-12-22(13-11-21)20(25)15-23(18(3)24)9-6-14-26-4/h5,7-8H,6,9-15H2,1-4H3. The van der Waals surface area contributed by atoms with E-state index in [2.05, 4.69) is 36.9 Å². The lowest BCUT2D eigenvalue weighted by Gasteiger charge is -2.37. The van der Waals surface area contributed by atoms with Crippen LogP contribution in [0.4, 0.5) is 5.69 Å². The number of aryl methyl sites for hydroxylation is 1. The molecular formula is C20H31N3O3. The number of piperazine rings is 1. The van der Waals surface area contributed by atoms with Crippen molar-refractivity contribution >= 4 is 17.5 Å². The van der Waals surface area contributed by atoms with Gasteiger partial charge in [0.15, 0.2) is 0 Å². The van der Waals surface area contributed by atoms with E-state index in [0.717, 1.165) is 19.5 Å². The molecule has 1 saturated heterocycles. The fourth-order valence-electron chi connectivity index (χ4n) is 3.29. The van der Waals surface area contributed by atoms with E-state index in [1.807, 2.05) is 4.90 Å². The minimum Gasteiger partial charge on any atom is -0.385 e. The fraction of sp³-hybridized carbons (Fsp3) is 0.600. The topological polar surface area (TPSA) is 53.1 Å². The monoisotopic (exact) mass is 361 g/mol. The summed E-state index contributed by atoms with van der Waals surface area (Å²) in [4.78, 5) is 30.2. The third-order valence-electron chi connectivity index (χ3n) is 5.10. The molecule has 0 aromatic heterocycles. The summed E-state index contributed by atoms with van der Waals surface area (Å²) < 4.78 is 5.03. The number of hydrogen-bond donors (Lipinski definition) is 0. The number of nitrogens with zero attached hydrogens (tertiary/aromatic N) is 3. The highest BCUT2D eigenvalue weighted by Crippen LogP contribution is 2.23. The minimum absolute atomic E-state index is 0.0261. The maximum Gasteiger partial charge on any atom is 0.242 e. The van der Waals surface area contributed by atoms with Gasteiger partial charge in [-0.15, -0.1) is 0 Å². The Hall–Kier alpha value is -2.08. The van der Waals surface area contributed by atoms with Crippen LogP contribution >= 0.6 is 0 Å². The fourth-order valence-corrected chi connectivity index (χ4v) is 3.29. The van der Waals surface area contributed by atoms with Gasteiger partial charge in [0.25, 0.3) is 0 Å². The van der Waals surface area contributed by atoms with Crippen LogP contribution in [0.5, 0.6) is 0 Å². The van der Waals surface area contributed by atoms with Crippen LogP contribution in [0.25, 0.3) is 0 Å². The maximum absolute atomic E-state index is 12.6. The Morgan fingerprint density at radius 1 is 1.15 bits per heavy atom. The quantitative estimate of drug-likeness (QED) is 0.696. The van der Waals surface area contributed by atoms with Crippen molar-refractivity contribution < 1.29 is 14.3 Å². The Morgan fingerprint density at radius 2 is 1.85 bits per heavy atom. The van der Waals surface area contributed by atoms with E-state index in [4.69, 9.17) is 4.74 Å². The van der Waals surface area contributed by atoms with Gasteiger partial charge in [-0.25, -0.2) is 0 Å². The van der Waals surface area contributed by atoms with Crippen molar-refractivity contribution in [2.24, 2.45) is 0 Å². The zero-order valence-electron chi connectivity index (χ0n) is 16.5. The maximum atomic E-state index is 12.6. The first-order valence-electron chi connectivity index (χ1n) is 9.27. The average Bonchev–Trinajstić information content (AvgIpc) is 2.63. The van der Waals surface area contributed by atoms with Crippen LogP contribution in [0.15, 0.2) is 18.2 Å². The summed E-state index contributed by atoms with van der Waals surface area (Å²) in [5, 5.41) is 0. The zero-order valence-corrected chi connectivity index (χ0v) is 16.5. The van der Waals surface area contributed by atoms with Gasteiger partial charge in [-0.05, 0) is 37.5 Å². The number of ether oxygens (including phenoxy) is 1. The third-order valence-corrected chi connectivity index (χ3v) is 5.10. The number of rotatable bonds is 7. The molecule has 1 fully saturated rings. The Labute approximate surface area is 156 Å². The first-order chi connectivity index (χ1) is 12.4. The summed E-state index contributed by atoms with van der Waals surface area (Å²) in [6, 6.07) is 6.35. The number of carbonyl (C=O) groups is 2. The van der Waals surface area contributed by atoms with Crippen molar-refractivity contribution in [2.75, 3.05) is 57.9 Å². The van der Waals surface area contributed by atoms with Crippen molar-refractivity contribution in [3.05, 3.63) is 29.3 Å². The highest BCUT2D eigenvalue weighted by Gasteiger charge is 2.24. The molecule has 1 aromatic rings. The largest absolute Gasteiger partial charge is 0.385 e. The van der Waals surface area contributed by atoms with Gasteiger partial charge in [0.1, 0.15) is 0 Å². The van der Waals surface area contributed by atoms with Crippen molar-refractivity contribution in [2.45, 2.75) is 27.2 Å². The second-order valence-electron chi connectivity index (χ2n) is 6.87. The van der Waals surface area contributed by atoms with Crippen LogP contribution in [0.1, 0.15) is 24.5 Å². The molecule has 26 heavy (non-hydrogen) atoms. The van der Waals surface area contributed by atoms with Gasteiger partial charge in [-0.1, -0.05) is 12.1 Å². The van der Waals surface area contributed by atoms with Crippen LogP contribution in [0.3, 0.4) is 0 Å². The Bertz CT molecular complexity index is 625. The molecule has 1 aromatic carbocycles. The van der Waals surface area contributed by atoms with Crippen LogP contribution in [-0.4, -0.2) is 74.6 Å². The normalized spacial score (nSPS) is 14.5. The van der Waals surface area contributed by atoms with Crippen molar-refractivity contribution in [1.29, 1.82) is 0 Å². The number of amides is 2. The molecule has 6 nitrogen and oxygen atoms in total. The van der Waals surface area contributed by atoms with Crippen LogP contribution in [-0.2, 0) is 14.3 Å². The molecule has 0 aliphatic carbocycles. The summed E-state index contributed by atoms with van der Waals surface area (Å²) in [5.74, 6) is -0.0401. The molecule has 1 aliphatic heterocycles. The summed E-state index contributed by atoms with van der Waals surface area (Å²) in [6.45, 7) is 10.1. The van der Waals surface area contributed by atoms with Gasteiger partial charge >= 0.3 is 0 Å². The van der Waals surface area contributed by atoms with Crippen molar-refractivity contribution in [3.63, 3.8) is 0 Å². The number of anilines is 1. The Balaban J connectivity index is 1.89. The minimum atomic E-state index is -0.0662. The summed E-state index contributed by atoms with van der Waals surface area (Å²) in [7, 11) is 1.64. The number of carbonyl (C=O) groups excluding carboxylic acids is 2. The molecule has 0 radical (unpaired) electrons. The predicted molar refractivity (Wildman–Crippen MR) is 103 cm³/mol. The van der Waals surface area contributed by atoms with Crippen LogP contribution in [0, 0.1) is 13.8 Å². The van der Waals surface area contributed by atoms with Gasteiger partial charge in [0.2, 0.25) is 11.8 Å². The average molecular weight is 361 g/mol. The second-order valence-corrected chi connectivity index (χ2v) is 6.87. The molecule has 0 atom stereocenters. The lowest BCUT2D eigenvalue weighted by atomic mass is 10.1. The molecule has 0 unspecified atom stereocenters. The van der Waals surface area contributed by atoms with E-state index in [1.54, 1.807) is 12.0 Å². The van der Waals surface area contributed by atoms with Crippen LogP contribution in [0.2, 0.25) is 0 Å². The smallest absolute Gasteiger partial charge is 0.242 e. The van der Waals surface area contributed by atoms with E-state index in [0.29, 0.717) is 26.2 Å². The van der Waals surface area contributed by atoms with E-state index >= 15 is 0 Å². The highest BCUT2D eigenvalue weighted by atomic mass is 16.5. The van der Waals surface area contributed by atoms with E-state index < -0.39 is 0 Å². The summed E-state index contributed by atoms with van der Waals surface area (Å²) >= 11 is 0. The second kappa shape index (κ2) is 9.57. The summed E-state index contributed by atoms with van der Waals surface area (Å²) in [5.41, 5.74) is 3.84. The van der Waals surface area contributed by atoms with Gasteiger partial charge in [-0.2, -0.15) is 0 Å². The SMILES string of the molecule is COCCCN(CC(=O)N1CCN(c2cccc(C)c2C)CC1)C(C)=O. The lowest BCUT2D eigenvalue weighted by molar-refractivity contribution is -0.139. The predicted octanol–water partition coefficient (Wildman–Crippen LogP) is 1.84. The van der Waals surface area contributed by atoms with E-state index in [1.165, 1.54) is 23.7 Å². The lowest BCUT2D eigenvalue weighted by Crippen LogP contribution is -2.52. The Morgan fingerprint density at radius 3 is 2.46 bits per heavy atom. The summed E-state index contributed by atoms with van der Waals surface area (Å²) in [6.07, 6.45) is 0.740. The molecule has 0 N–H and O–H groups in total. The number of hydrogen-bond acceptors (Lipinski definition) is 4. The number of methoxy groups -OCH3 is 1. The van der Waals surface area contributed by atoms with Gasteiger partial charge in [0, 0.05) is 59.1 Å².